The van der Waals surface area contributed by atoms with Crippen LogP contribution in [-0.4, -0.2) is 63.7 Å². The van der Waals surface area contributed by atoms with E-state index in [0.717, 1.165) is 37.1 Å². The zero-order valence-corrected chi connectivity index (χ0v) is 17.5. The predicted molar refractivity (Wildman–Crippen MR) is 108 cm³/mol. The topological polar surface area (TPSA) is 66.0 Å². The molecule has 1 aliphatic rings. The van der Waals surface area contributed by atoms with Crippen LogP contribution in [0.5, 0.6) is 0 Å². The van der Waals surface area contributed by atoms with Gasteiger partial charge < -0.3 is 20.3 Å². The monoisotopic (exact) mass is 442 g/mol. The van der Waals surface area contributed by atoms with Crippen LogP contribution in [-0.2, 0) is 16.0 Å². The molecule has 0 aromatic heterocycles. The minimum atomic E-state index is -0.200. The molecule has 2 rings (SSSR count). The molecule has 1 aliphatic heterocycles. The number of aryl methyl sites for hydroxylation is 1. The fourth-order valence-corrected chi connectivity index (χ4v) is 2.99. The molecule has 1 fully saturated rings. The van der Waals surface area contributed by atoms with Crippen molar-refractivity contribution in [2.75, 3.05) is 46.9 Å². The lowest BCUT2D eigenvalue weighted by Crippen LogP contribution is -2.41. The lowest BCUT2D eigenvalue weighted by Gasteiger charge is -2.16. The minimum Gasteiger partial charge on any atom is -0.381 e. The molecule has 1 saturated heterocycles. The smallest absolute Gasteiger partial charge is 0.243 e. The third-order valence-corrected chi connectivity index (χ3v) is 4.88. The molecular weight excluding hydrogens is 415 g/mol. The summed E-state index contributed by atoms with van der Waals surface area (Å²) in [6.45, 7) is 3.02. The maximum Gasteiger partial charge on any atom is 0.243 e. The Hall–Kier alpha value is -1.67. The number of carbonyl (C=O) groups excluding carboxylic acids is 1. The number of hydrogen-bond donors (Lipinski definition) is 2. The molecule has 2 N–H and O–H groups in total. The molecule has 0 saturated carbocycles. The summed E-state index contributed by atoms with van der Waals surface area (Å²) in [5.74, 6) is 0.804. The summed E-state index contributed by atoms with van der Waals surface area (Å²) in [5, 5.41) is 6.52. The first kappa shape index (κ1) is 21.6. The fraction of sp³-hybridized carbons (Fsp3) is 0.579. The molecule has 0 spiro atoms. The van der Waals surface area contributed by atoms with E-state index >= 15 is 0 Å². The van der Waals surface area contributed by atoms with E-state index < -0.39 is 0 Å². The van der Waals surface area contributed by atoms with Crippen LogP contribution in [0.3, 0.4) is 0 Å². The van der Waals surface area contributed by atoms with Gasteiger partial charge in [-0.25, -0.2) is 9.38 Å². The largest absolute Gasteiger partial charge is 0.381 e. The van der Waals surface area contributed by atoms with Crippen molar-refractivity contribution in [2.45, 2.75) is 19.3 Å². The first-order chi connectivity index (χ1) is 13.0. The maximum atomic E-state index is 13.9. The van der Waals surface area contributed by atoms with Gasteiger partial charge in [0.2, 0.25) is 5.91 Å². The van der Waals surface area contributed by atoms with Crippen molar-refractivity contribution < 1.29 is 13.9 Å². The van der Waals surface area contributed by atoms with Gasteiger partial charge in [-0.05, 0) is 37.0 Å². The summed E-state index contributed by atoms with van der Waals surface area (Å²) in [7, 11) is 3.42. The van der Waals surface area contributed by atoms with Gasteiger partial charge >= 0.3 is 0 Å². The van der Waals surface area contributed by atoms with E-state index in [1.807, 2.05) is 6.07 Å². The highest BCUT2D eigenvalue weighted by atomic mass is 79.9. The lowest BCUT2D eigenvalue weighted by atomic mass is 10.1. The van der Waals surface area contributed by atoms with E-state index in [4.69, 9.17) is 4.74 Å². The van der Waals surface area contributed by atoms with Crippen molar-refractivity contribution in [2.24, 2.45) is 10.9 Å². The Labute approximate surface area is 168 Å². The summed E-state index contributed by atoms with van der Waals surface area (Å²) in [4.78, 5) is 17.7. The third kappa shape index (κ3) is 7.84. The minimum absolute atomic E-state index is 0.0581. The first-order valence-corrected chi connectivity index (χ1v) is 9.99. The summed E-state index contributed by atoms with van der Waals surface area (Å²) in [6, 6.07) is 5.12. The number of amides is 1. The van der Waals surface area contributed by atoms with Gasteiger partial charge in [-0.3, -0.25) is 4.79 Å². The molecule has 8 heteroatoms. The molecule has 150 valence electrons. The number of likely N-dealkylation sites (N-methyl/N-ethyl adjacent to an activating group) is 1. The average molecular weight is 443 g/mol. The van der Waals surface area contributed by atoms with Gasteiger partial charge in [-0.1, -0.05) is 22.0 Å². The standard InChI is InChI=1S/C19H28BrFN4O2/c1-25(2)18(26)12-24-19(23-11-14-7-9-27-13-14)22-8-3-4-15-5-6-16(20)10-17(15)21/h5-6,10,14H,3-4,7-9,11-13H2,1-2H3,(H2,22,23,24). The van der Waals surface area contributed by atoms with Crippen LogP contribution in [0.4, 0.5) is 4.39 Å². The Kier molecular flexibility index (Phi) is 9.00. The molecule has 1 aromatic carbocycles. The number of rotatable bonds is 8. The second-order valence-corrected chi connectivity index (χ2v) is 7.75. The van der Waals surface area contributed by atoms with Gasteiger partial charge in [0, 0.05) is 44.2 Å². The fourth-order valence-electron chi connectivity index (χ4n) is 2.66. The Morgan fingerprint density at radius 2 is 2.22 bits per heavy atom. The van der Waals surface area contributed by atoms with Gasteiger partial charge in [0.1, 0.15) is 12.4 Å². The number of aliphatic imine (C=N–C) groups is 1. The summed E-state index contributed by atoms with van der Waals surface area (Å²) in [6.07, 6.45) is 2.42. The van der Waals surface area contributed by atoms with Crippen molar-refractivity contribution >= 4 is 27.8 Å². The molecule has 0 bridgehead atoms. The number of nitrogens with one attached hydrogen (secondary N) is 2. The number of carbonyl (C=O) groups is 1. The first-order valence-electron chi connectivity index (χ1n) is 9.19. The van der Waals surface area contributed by atoms with Crippen molar-refractivity contribution in [3.05, 3.63) is 34.1 Å². The van der Waals surface area contributed by atoms with E-state index in [9.17, 15) is 9.18 Å². The molecule has 0 aliphatic carbocycles. The number of ether oxygens (including phenoxy) is 1. The average Bonchev–Trinajstić information content (AvgIpc) is 3.14. The zero-order chi connectivity index (χ0) is 19.6. The zero-order valence-electron chi connectivity index (χ0n) is 15.9. The van der Waals surface area contributed by atoms with Crippen LogP contribution in [0, 0.1) is 11.7 Å². The second kappa shape index (κ2) is 11.2. The van der Waals surface area contributed by atoms with Crippen molar-refractivity contribution in [1.29, 1.82) is 0 Å². The van der Waals surface area contributed by atoms with E-state index in [0.29, 0.717) is 30.4 Å². The van der Waals surface area contributed by atoms with Gasteiger partial charge in [-0.15, -0.1) is 0 Å². The second-order valence-electron chi connectivity index (χ2n) is 6.83. The molecule has 1 unspecified atom stereocenters. The Balaban J connectivity index is 1.82. The van der Waals surface area contributed by atoms with Gasteiger partial charge in [0.05, 0.1) is 6.61 Å². The van der Waals surface area contributed by atoms with Crippen LogP contribution < -0.4 is 10.6 Å². The molecule has 1 atom stereocenters. The molecule has 1 aromatic rings. The van der Waals surface area contributed by atoms with Crippen molar-refractivity contribution in [1.82, 2.24) is 15.5 Å². The summed E-state index contributed by atoms with van der Waals surface area (Å²) >= 11 is 3.27. The Morgan fingerprint density at radius 3 is 2.89 bits per heavy atom. The number of guanidine groups is 1. The van der Waals surface area contributed by atoms with E-state index in [-0.39, 0.29) is 18.3 Å². The Morgan fingerprint density at radius 1 is 1.41 bits per heavy atom. The predicted octanol–water partition coefficient (Wildman–Crippen LogP) is 2.18. The quantitative estimate of drug-likeness (QED) is 0.367. The third-order valence-electron chi connectivity index (χ3n) is 4.38. The maximum absolute atomic E-state index is 13.9. The van der Waals surface area contributed by atoms with Gasteiger partial charge in [0.25, 0.3) is 0 Å². The van der Waals surface area contributed by atoms with E-state index in [1.165, 1.54) is 11.0 Å². The van der Waals surface area contributed by atoms with E-state index in [2.05, 4.69) is 31.6 Å². The number of benzene rings is 1. The summed E-state index contributed by atoms with van der Waals surface area (Å²) in [5.41, 5.74) is 0.692. The van der Waals surface area contributed by atoms with Crippen LogP contribution in [0.2, 0.25) is 0 Å². The molecular formula is C19H28BrFN4O2. The molecule has 27 heavy (non-hydrogen) atoms. The number of nitrogens with zero attached hydrogens (tertiary/aromatic N) is 2. The molecule has 1 heterocycles. The highest BCUT2D eigenvalue weighted by molar-refractivity contribution is 9.10. The van der Waals surface area contributed by atoms with Gasteiger partial charge in [-0.2, -0.15) is 0 Å². The van der Waals surface area contributed by atoms with Crippen molar-refractivity contribution in [3.63, 3.8) is 0 Å². The van der Waals surface area contributed by atoms with E-state index in [1.54, 1.807) is 20.2 Å². The Bertz CT molecular complexity index is 649. The molecule has 0 radical (unpaired) electrons. The van der Waals surface area contributed by atoms with Crippen LogP contribution >= 0.6 is 15.9 Å². The highest BCUT2D eigenvalue weighted by Crippen LogP contribution is 2.16. The summed E-state index contributed by atoms with van der Waals surface area (Å²) < 4.78 is 20.0. The van der Waals surface area contributed by atoms with Gasteiger partial charge in [0.15, 0.2) is 5.96 Å². The normalized spacial score (nSPS) is 17.0. The SMILES string of the molecule is CN(C)C(=O)CN=C(NCCCc1ccc(Br)cc1F)NCC1CCOC1. The molecule has 6 nitrogen and oxygen atoms in total. The van der Waals surface area contributed by atoms with Crippen LogP contribution in [0.1, 0.15) is 18.4 Å². The number of halogens is 2. The highest BCUT2D eigenvalue weighted by Gasteiger charge is 2.16. The molecule has 1 amide bonds. The van der Waals surface area contributed by atoms with Crippen molar-refractivity contribution in [3.8, 4) is 0 Å². The number of hydrogen-bond acceptors (Lipinski definition) is 3. The van der Waals surface area contributed by atoms with Crippen LogP contribution in [0.25, 0.3) is 0 Å². The lowest BCUT2D eigenvalue weighted by molar-refractivity contribution is -0.127. The van der Waals surface area contributed by atoms with Crippen LogP contribution in [0.15, 0.2) is 27.7 Å².